The number of hydrogen-bond donors (Lipinski definition) is 2. The minimum Gasteiger partial charge on any atom is -0.399 e. The lowest BCUT2D eigenvalue weighted by Gasteiger charge is -2.02. The van der Waals surface area contributed by atoms with Gasteiger partial charge in [0.05, 0.1) is 0 Å². The third kappa shape index (κ3) is 2.50. The Kier molecular flexibility index (Phi) is 2.91. The Morgan fingerprint density at radius 1 is 1.47 bits per heavy atom. The van der Waals surface area contributed by atoms with Gasteiger partial charge in [0.1, 0.15) is 5.82 Å². The van der Waals surface area contributed by atoms with Gasteiger partial charge in [0, 0.05) is 23.8 Å². The van der Waals surface area contributed by atoms with Crippen LogP contribution in [0, 0.1) is 5.82 Å². The van der Waals surface area contributed by atoms with Gasteiger partial charge < -0.3 is 10.7 Å². The quantitative estimate of drug-likeness (QED) is 0.620. The number of thioether (sulfide) groups is 1. The molecule has 0 bridgehead atoms. The summed E-state index contributed by atoms with van der Waals surface area (Å²) in [5.74, 6) is 0.272. The van der Waals surface area contributed by atoms with Crippen LogP contribution in [0.3, 0.4) is 0 Å². The summed E-state index contributed by atoms with van der Waals surface area (Å²) in [5, 5.41) is 0.784. The maximum absolute atomic E-state index is 13.4. The third-order valence-electron chi connectivity index (χ3n) is 1.91. The molecule has 0 saturated carbocycles. The zero-order chi connectivity index (χ0) is 10.7. The highest BCUT2D eigenvalue weighted by molar-refractivity contribution is 7.98. The number of halogens is 1. The van der Waals surface area contributed by atoms with Crippen LogP contribution in [0.25, 0.3) is 0 Å². The van der Waals surface area contributed by atoms with Crippen molar-refractivity contribution in [1.29, 1.82) is 0 Å². The van der Waals surface area contributed by atoms with E-state index in [1.165, 1.54) is 17.8 Å². The molecule has 3 N–H and O–H groups in total. The average Bonchev–Trinajstić information content (AvgIpc) is 2.69. The summed E-state index contributed by atoms with van der Waals surface area (Å²) in [6.07, 6.45) is 3.41. The van der Waals surface area contributed by atoms with Gasteiger partial charge in [0.25, 0.3) is 0 Å². The van der Waals surface area contributed by atoms with Gasteiger partial charge in [-0.05, 0) is 17.7 Å². The van der Waals surface area contributed by atoms with Crippen molar-refractivity contribution in [3.05, 3.63) is 42.0 Å². The summed E-state index contributed by atoms with van der Waals surface area (Å²) >= 11 is 1.45. The van der Waals surface area contributed by atoms with Crippen molar-refractivity contribution in [1.82, 2.24) is 9.97 Å². The van der Waals surface area contributed by atoms with Crippen molar-refractivity contribution in [2.24, 2.45) is 0 Å². The number of nitrogens with one attached hydrogen (secondary N) is 1. The summed E-state index contributed by atoms with van der Waals surface area (Å²) < 4.78 is 13.4. The van der Waals surface area contributed by atoms with Crippen molar-refractivity contribution in [2.75, 3.05) is 5.73 Å². The van der Waals surface area contributed by atoms with Crippen LogP contribution in [-0.4, -0.2) is 9.97 Å². The van der Waals surface area contributed by atoms with E-state index in [0.717, 1.165) is 5.16 Å². The van der Waals surface area contributed by atoms with Crippen molar-refractivity contribution < 1.29 is 4.39 Å². The van der Waals surface area contributed by atoms with E-state index in [4.69, 9.17) is 5.73 Å². The predicted molar refractivity (Wildman–Crippen MR) is 59.0 cm³/mol. The van der Waals surface area contributed by atoms with E-state index in [1.54, 1.807) is 24.5 Å². The Morgan fingerprint density at radius 3 is 3.00 bits per heavy atom. The molecule has 2 rings (SSSR count). The van der Waals surface area contributed by atoms with Crippen LogP contribution >= 0.6 is 11.8 Å². The van der Waals surface area contributed by atoms with Crippen molar-refractivity contribution >= 4 is 17.4 Å². The Hall–Kier alpha value is -1.49. The fourth-order valence-electron chi connectivity index (χ4n) is 1.16. The topological polar surface area (TPSA) is 54.7 Å². The molecule has 0 aliphatic rings. The van der Waals surface area contributed by atoms with Crippen LogP contribution in [0.1, 0.15) is 5.56 Å². The van der Waals surface area contributed by atoms with Crippen molar-refractivity contribution in [3.63, 3.8) is 0 Å². The molecule has 0 aliphatic heterocycles. The first-order chi connectivity index (χ1) is 7.25. The second kappa shape index (κ2) is 4.35. The zero-order valence-corrected chi connectivity index (χ0v) is 8.72. The Labute approximate surface area is 90.9 Å². The molecule has 1 aromatic carbocycles. The lowest BCUT2D eigenvalue weighted by molar-refractivity contribution is 0.618. The highest BCUT2D eigenvalue weighted by Gasteiger charge is 2.04. The predicted octanol–water partition coefficient (Wildman–Crippen LogP) is 2.42. The number of nitrogen functional groups attached to an aromatic ring is 1. The number of hydrogen-bond acceptors (Lipinski definition) is 3. The highest BCUT2D eigenvalue weighted by atomic mass is 32.2. The number of H-pyrrole nitrogens is 1. The molecule has 1 heterocycles. The number of imidazole rings is 1. The summed E-state index contributed by atoms with van der Waals surface area (Å²) in [5.41, 5.74) is 6.53. The second-order valence-corrected chi connectivity index (χ2v) is 4.00. The van der Waals surface area contributed by atoms with Crippen LogP contribution in [0.4, 0.5) is 10.1 Å². The number of aromatic nitrogens is 2. The zero-order valence-electron chi connectivity index (χ0n) is 7.90. The Bertz CT molecular complexity index is 442. The molecule has 0 atom stereocenters. The van der Waals surface area contributed by atoms with Crippen LogP contribution in [-0.2, 0) is 5.75 Å². The SMILES string of the molecule is Nc1ccc(CSc2ncc[nH]2)c(F)c1. The molecule has 0 saturated heterocycles. The molecule has 0 amide bonds. The van der Waals surface area contributed by atoms with Gasteiger partial charge in [-0.25, -0.2) is 9.37 Å². The fraction of sp³-hybridized carbons (Fsp3) is 0.100. The van der Waals surface area contributed by atoms with E-state index >= 15 is 0 Å². The molecule has 3 nitrogen and oxygen atoms in total. The number of aromatic amines is 1. The summed E-state index contributed by atoms with van der Waals surface area (Å²) in [6, 6.07) is 4.72. The Balaban J connectivity index is 2.05. The van der Waals surface area contributed by atoms with Crippen LogP contribution in [0.15, 0.2) is 35.7 Å². The highest BCUT2D eigenvalue weighted by Crippen LogP contribution is 2.21. The lowest BCUT2D eigenvalue weighted by atomic mass is 10.2. The number of nitrogens with two attached hydrogens (primary N) is 1. The number of nitrogens with zero attached hydrogens (tertiary/aromatic N) is 1. The van der Waals surface area contributed by atoms with Crippen LogP contribution < -0.4 is 5.73 Å². The van der Waals surface area contributed by atoms with Crippen LogP contribution in [0.2, 0.25) is 0 Å². The number of benzene rings is 1. The molecule has 5 heteroatoms. The van der Waals surface area contributed by atoms with Crippen molar-refractivity contribution in [2.45, 2.75) is 10.9 Å². The summed E-state index contributed by atoms with van der Waals surface area (Å²) in [7, 11) is 0. The summed E-state index contributed by atoms with van der Waals surface area (Å²) in [6.45, 7) is 0. The number of anilines is 1. The van der Waals surface area contributed by atoms with Gasteiger partial charge in [-0.15, -0.1) is 0 Å². The maximum Gasteiger partial charge on any atom is 0.165 e. The number of rotatable bonds is 3. The van der Waals surface area contributed by atoms with E-state index in [-0.39, 0.29) is 5.82 Å². The Morgan fingerprint density at radius 2 is 2.33 bits per heavy atom. The van der Waals surface area contributed by atoms with Gasteiger partial charge in [-0.1, -0.05) is 17.8 Å². The van der Waals surface area contributed by atoms with Gasteiger partial charge >= 0.3 is 0 Å². The second-order valence-electron chi connectivity index (χ2n) is 3.03. The molecule has 1 aromatic heterocycles. The van der Waals surface area contributed by atoms with Gasteiger partial charge in [-0.2, -0.15) is 0 Å². The fourth-order valence-corrected chi connectivity index (χ4v) is 1.97. The first-order valence-electron chi connectivity index (χ1n) is 4.42. The largest absolute Gasteiger partial charge is 0.399 e. The minimum absolute atomic E-state index is 0.269. The molecule has 78 valence electrons. The molecule has 0 unspecified atom stereocenters. The molecule has 0 spiro atoms. The first kappa shape index (κ1) is 10.0. The monoisotopic (exact) mass is 223 g/mol. The van der Waals surface area contributed by atoms with Crippen LogP contribution in [0.5, 0.6) is 0 Å². The molecule has 2 aromatic rings. The standard InChI is InChI=1S/C10H10FN3S/c11-9-5-8(12)2-1-7(9)6-15-10-13-3-4-14-10/h1-5H,6,12H2,(H,13,14). The van der Waals surface area contributed by atoms with Gasteiger partial charge in [0.15, 0.2) is 5.16 Å². The van der Waals surface area contributed by atoms with E-state index in [2.05, 4.69) is 9.97 Å². The molecular weight excluding hydrogens is 213 g/mol. The molecular formula is C10H10FN3S. The summed E-state index contributed by atoms with van der Waals surface area (Å²) in [4.78, 5) is 6.98. The van der Waals surface area contributed by atoms with Crippen molar-refractivity contribution in [3.8, 4) is 0 Å². The third-order valence-corrected chi connectivity index (χ3v) is 2.87. The molecule has 15 heavy (non-hydrogen) atoms. The maximum atomic E-state index is 13.4. The van der Waals surface area contributed by atoms with E-state index in [1.807, 2.05) is 0 Å². The average molecular weight is 223 g/mol. The van der Waals surface area contributed by atoms with Gasteiger partial charge in [-0.3, -0.25) is 0 Å². The van der Waals surface area contributed by atoms with E-state index in [9.17, 15) is 4.39 Å². The first-order valence-corrected chi connectivity index (χ1v) is 5.40. The van der Waals surface area contributed by atoms with Gasteiger partial charge in [0.2, 0.25) is 0 Å². The van der Waals surface area contributed by atoms with E-state index < -0.39 is 0 Å². The molecule has 0 aliphatic carbocycles. The van der Waals surface area contributed by atoms with E-state index in [0.29, 0.717) is 17.0 Å². The normalized spacial score (nSPS) is 10.5. The molecule has 0 fully saturated rings. The smallest absolute Gasteiger partial charge is 0.165 e. The lowest BCUT2D eigenvalue weighted by Crippen LogP contribution is -1.91. The minimum atomic E-state index is -0.269. The molecule has 0 radical (unpaired) electrons.